The molecule has 0 radical (unpaired) electrons. The first kappa shape index (κ1) is 12.6. The molecule has 0 aliphatic heterocycles. The van der Waals surface area contributed by atoms with Crippen LogP contribution in [0.4, 0.5) is 5.69 Å². The van der Waals surface area contributed by atoms with Crippen molar-refractivity contribution in [1.29, 1.82) is 0 Å². The van der Waals surface area contributed by atoms with E-state index in [1.165, 1.54) is 6.07 Å². The smallest absolute Gasteiger partial charge is 0.255 e. The van der Waals surface area contributed by atoms with Crippen molar-refractivity contribution in [1.82, 2.24) is 4.98 Å². The van der Waals surface area contributed by atoms with Gasteiger partial charge in [-0.1, -0.05) is 0 Å². The SMILES string of the molecule is Cc1cc(C(=O)Nc2cncc(Br)c2)ccc1O. The first-order valence-electron chi connectivity index (χ1n) is 5.28. The van der Waals surface area contributed by atoms with Gasteiger partial charge in [0.05, 0.1) is 11.9 Å². The first-order chi connectivity index (χ1) is 8.56. The van der Waals surface area contributed by atoms with Crippen molar-refractivity contribution in [3.8, 4) is 5.75 Å². The number of carbonyl (C=O) groups is 1. The second kappa shape index (κ2) is 5.18. The van der Waals surface area contributed by atoms with Gasteiger partial charge < -0.3 is 10.4 Å². The molecule has 0 saturated heterocycles. The van der Waals surface area contributed by atoms with E-state index in [2.05, 4.69) is 26.2 Å². The molecule has 0 fully saturated rings. The fourth-order valence-electron chi connectivity index (χ4n) is 1.48. The van der Waals surface area contributed by atoms with Gasteiger partial charge in [0.25, 0.3) is 5.91 Å². The maximum atomic E-state index is 12.0. The highest BCUT2D eigenvalue weighted by atomic mass is 79.9. The molecule has 0 unspecified atom stereocenters. The lowest BCUT2D eigenvalue weighted by molar-refractivity contribution is 0.102. The van der Waals surface area contributed by atoms with Crippen LogP contribution in [0, 0.1) is 6.92 Å². The molecule has 5 heteroatoms. The molecule has 1 heterocycles. The number of hydrogen-bond acceptors (Lipinski definition) is 3. The molecule has 0 bridgehead atoms. The molecule has 1 amide bonds. The average molecular weight is 307 g/mol. The normalized spacial score (nSPS) is 10.1. The molecule has 2 N–H and O–H groups in total. The molecule has 0 aliphatic carbocycles. The Bertz CT molecular complexity index is 599. The zero-order valence-corrected chi connectivity index (χ0v) is 11.2. The van der Waals surface area contributed by atoms with Gasteiger partial charge in [0.2, 0.25) is 0 Å². The summed E-state index contributed by atoms with van der Waals surface area (Å²) in [5.41, 5.74) is 1.76. The van der Waals surface area contributed by atoms with Crippen LogP contribution in [0.3, 0.4) is 0 Å². The van der Waals surface area contributed by atoms with Gasteiger partial charge in [0.15, 0.2) is 0 Å². The molecular weight excluding hydrogens is 296 g/mol. The lowest BCUT2D eigenvalue weighted by atomic mass is 10.1. The molecule has 0 atom stereocenters. The fourth-order valence-corrected chi connectivity index (χ4v) is 1.85. The zero-order valence-electron chi connectivity index (χ0n) is 9.64. The number of halogens is 1. The predicted octanol–water partition coefficient (Wildman–Crippen LogP) is 3.11. The Balaban J connectivity index is 2.19. The van der Waals surface area contributed by atoms with Gasteiger partial charge in [-0.25, -0.2) is 0 Å². The number of amides is 1. The number of rotatable bonds is 2. The van der Waals surface area contributed by atoms with Crippen molar-refractivity contribution in [2.75, 3.05) is 5.32 Å². The van der Waals surface area contributed by atoms with E-state index in [9.17, 15) is 9.90 Å². The highest BCUT2D eigenvalue weighted by molar-refractivity contribution is 9.10. The van der Waals surface area contributed by atoms with Gasteiger partial charge in [0, 0.05) is 16.2 Å². The minimum absolute atomic E-state index is 0.177. The lowest BCUT2D eigenvalue weighted by Crippen LogP contribution is -2.12. The number of benzene rings is 1. The second-order valence-electron chi connectivity index (χ2n) is 3.85. The standard InChI is InChI=1S/C13H11BrN2O2/c1-8-4-9(2-3-12(8)17)13(18)16-11-5-10(14)6-15-7-11/h2-7,17H,1H3,(H,16,18). The van der Waals surface area contributed by atoms with Crippen LogP contribution in [0.5, 0.6) is 5.75 Å². The van der Waals surface area contributed by atoms with Crippen molar-refractivity contribution < 1.29 is 9.90 Å². The summed E-state index contributed by atoms with van der Waals surface area (Å²) >= 11 is 3.28. The van der Waals surface area contributed by atoms with E-state index in [-0.39, 0.29) is 11.7 Å². The van der Waals surface area contributed by atoms with Crippen LogP contribution in [0.2, 0.25) is 0 Å². The zero-order chi connectivity index (χ0) is 13.1. The van der Waals surface area contributed by atoms with Crippen LogP contribution in [0.25, 0.3) is 0 Å². The van der Waals surface area contributed by atoms with Gasteiger partial charge in [-0.3, -0.25) is 9.78 Å². The summed E-state index contributed by atoms with van der Waals surface area (Å²) in [6.07, 6.45) is 3.20. The Labute approximate surface area is 113 Å². The third-order valence-corrected chi connectivity index (χ3v) is 2.86. The molecule has 0 spiro atoms. The van der Waals surface area contributed by atoms with Gasteiger partial charge in [-0.05, 0) is 52.7 Å². The van der Waals surface area contributed by atoms with Crippen molar-refractivity contribution in [3.63, 3.8) is 0 Å². The van der Waals surface area contributed by atoms with Gasteiger partial charge in [0.1, 0.15) is 5.75 Å². The maximum Gasteiger partial charge on any atom is 0.255 e. The summed E-state index contributed by atoms with van der Waals surface area (Å²) in [6.45, 7) is 1.74. The fraction of sp³-hybridized carbons (Fsp3) is 0.0769. The number of nitrogens with one attached hydrogen (secondary N) is 1. The minimum Gasteiger partial charge on any atom is -0.508 e. The van der Waals surface area contributed by atoms with Crippen molar-refractivity contribution >= 4 is 27.5 Å². The van der Waals surface area contributed by atoms with Crippen LogP contribution in [-0.4, -0.2) is 16.0 Å². The Morgan fingerprint density at radius 1 is 1.33 bits per heavy atom. The van der Waals surface area contributed by atoms with Crippen LogP contribution in [0.15, 0.2) is 41.1 Å². The van der Waals surface area contributed by atoms with Crippen LogP contribution >= 0.6 is 15.9 Å². The first-order valence-corrected chi connectivity index (χ1v) is 6.07. The number of phenols is 1. The quantitative estimate of drug-likeness (QED) is 0.896. The summed E-state index contributed by atoms with van der Waals surface area (Å²) in [7, 11) is 0. The lowest BCUT2D eigenvalue weighted by Gasteiger charge is -2.06. The van der Waals surface area contributed by atoms with E-state index in [0.717, 1.165) is 4.47 Å². The van der Waals surface area contributed by atoms with Gasteiger partial charge in [-0.15, -0.1) is 0 Å². The summed E-state index contributed by atoms with van der Waals surface area (Å²) in [5, 5.41) is 12.1. The molecule has 1 aromatic heterocycles. The van der Waals surface area contributed by atoms with E-state index in [1.807, 2.05) is 0 Å². The summed E-state index contributed by atoms with van der Waals surface area (Å²) < 4.78 is 0.794. The number of aryl methyl sites for hydroxylation is 1. The Kier molecular flexibility index (Phi) is 3.62. The van der Waals surface area contributed by atoms with Crippen LogP contribution in [-0.2, 0) is 0 Å². The summed E-state index contributed by atoms with van der Waals surface area (Å²) in [4.78, 5) is 15.9. The number of carbonyl (C=O) groups excluding carboxylic acids is 1. The molecule has 92 valence electrons. The number of pyridine rings is 1. The number of nitrogens with zero attached hydrogens (tertiary/aromatic N) is 1. The summed E-state index contributed by atoms with van der Waals surface area (Å²) in [5.74, 6) is -0.0614. The van der Waals surface area contributed by atoms with Crippen LogP contribution < -0.4 is 5.32 Å². The third kappa shape index (κ3) is 2.87. The minimum atomic E-state index is -0.238. The van der Waals surface area contributed by atoms with Crippen molar-refractivity contribution in [3.05, 3.63) is 52.3 Å². The molecule has 2 aromatic rings. The summed E-state index contributed by atoms with van der Waals surface area (Å²) in [6, 6.07) is 6.47. The second-order valence-corrected chi connectivity index (χ2v) is 4.76. The highest BCUT2D eigenvalue weighted by Gasteiger charge is 2.08. The molecule has 0 aliphatic rings. The van der Waals surface area contributed by atoms with Crippen molar-refractivity contribution in [2.24, 2.45) is 0 Å². The number of aromatic nitrogens is 1. The number of aromatic hydroxyl groups is 1. The number of hydrogen-bond donors (Lipinski definition) is 2. The van der Waals surface area contributed by atoms with E-state index in [0.29, 0.717) is 16.8 Å². The van der Waals surface area contributed by atoms with E-state index < -0.39 is 0 Å². The number of phenolic OH excluding ortho intramolecular Hbond substituents is 1. The van der Waals surface area contributed by atoms with E-state index >= 15 is 0 Å². The van der Waals surface area contributed by atoms with E-state index in [4.69, 9.17) is 0 Å². The highest BCUT2D eigenvalue weighted by Crippen LogP contribution is 2.19. The molecule has 4 nitrogen and oxygen atoms in total. The Morgan fingerprint density at radius 2 is 2.11 bits per heavy atom. The van der Waals surface area contributed by atoms with Gasteiger partial charge in [-0.2, -0.15) is 0 Å². The molecule has 1 aromatic carbocycles. The largest absolute Gasteiger partial charge is 0.508 e. The third-order valence-electron chi connectivity index (χ3n) is 2.42. The van der Waals surface area contributed by atoms with Gasteiger partial charge >= 0.3 is 0 Å². The molecule has 0 saturated carbocycles. The van der Waals surface area contributed by atoms with Crippen molar-refractivity contribution in [2.45, 2.75) is 6.92 Å². The average Bonchev–Trinajstić information content (AvgIpc) is 2.32. The number of anilines is 1. The van der Waals surface area contributed by atoms with Crippen LogP contribution in [0.1, 0.15) is 15.9 Å². The molecular formula is C13H11BrN2O2. The maximum absolute atomic E-state index is 12.0. The van der Waals surface area contributed by atoms with E-state index in [1.54, 1.807) is 37.5 Å². The predicted molar refractivity (Wildman–Crippen MR) is 72.7 cm³/mol. The topological polar surface area (TPSA) is 62.2 Å². The molecule has 18 heavy (non-hydrogen) atoms. The Hall–Kier alpha value is -1.88. The monoisotopic (exact) mass is 306 g/mol. The molecule has 2 rings (SSSR count). The Morgan fingerprint density at radius 3 is 2.78 bits per heavy atom.